The van der Waals surface area contributed by atoms with Crippen molar-refractivity contribution in [2.24, 2.45) is 0 Å². The summed E-state index contributed by atoms with van der Waals surface area (Å²) < 4.78 is 17.5. The molecule has 5 nitrogen and oxygen atoms in total. The van der Waals surface area contributed by atoms with Gasteiger partial charge in [0, 0.05) is 12.4 Å². The van der Waals surface area contributed by atoms with Gasteiger partial charge in [0.05, 0.1) is 32.6 Å². The van der Waals surface area contributed by atoms with E-state index in [0.29, 0.717) is 32.3 Å². The molecule has 1 heterocycles. The van der Waals surface area contributed by atoms with E-state index in [2.05, 4.69) is 9.97 Å². The van der Waals surface area contributed by atoms with Crippen molar-refractivity contribution >= 4 is 0 Å². The number of nitrogens with zero attached hydrogens (tertiary/aromatic N) is 2. The maximum atomic E-state index is 5.87. The molecule has 134 valence electrons. The second-order valence-electron chi connectivity index (χ2n) is 5.78. The van der Waals surface area contributed by atoms with E-state index < -0.39 is 0 Å². The monoisotopic (exact) mass is 350 g/mol. The average molecular weight is 350 g/mol. The van der Waals surface area contributed by atoms with E-state index in [1.165, 1.54) is 0 Å². The summed E-state index contributed by atoms with van der Waals surface area (Å²) >= 11 is 0. The Labute approximate surface area is 153 Å². The smallest absolute Gasteiger partial charge is 0.232 e. The Morgan fingerprint density at radius 3 is 1.81 bits per heavy atom. The van der Waals surface area contributed by atoms with E-state index in [-0.39, 0.29) is 6.10 Å². The molecule has 0 atom stereocenters. The van der Waals surface area contributed by atoms with Crippen LogP contribution < -0.4 is 4.74 Å². The van der Waals surface area contributed by atoms with Gasteiger partial charge in [-0.2, -0.15) is 0 Å². The molecule has 0 fully saturated rings. The van der Waals surface area contributed by atoms with Gasteiger partial charge in [-0.1, -0.05) is 60.7 Å². The molecule has 3 aromatic rings. The van der Waals surface area contributed by atoms with Gasteiger partial charge >= 0.3 is 0 Å². The largest absolute Gasteiger partial charge is 0.468 e. The van der Waals surface area contributed by atoms with Crippen LogP contribution in [0.3, 0.4) is 0 Å². The zero-order valence-electron chi connectivity index (χ0n) is 14.5. The standard InChI is InChI=1S/C21H22N2O3/c1-3-7-18(8-4-1)14-24-16-20(26-21-13-22-11-12-23-21)17-25-15-19-9-5-2-6-10-19/h1-13,20H,14-17H2. The summed E-state index contributed by atoms with van der Waals surface area (Å²) in [5.41, 5.74) is 2.24. The van der Waals surface area contributed by atoms with Crippen LogP contribution in [-0.4, -0.2) is 29.3 Å². The zero-order chi connectivity index (χ0) is 17.9. The molecule has 0 radical (unpaired) electrons. The lowest BCUT2D eigenvalue weighted by Crippen LogP contribution is -2.29. The minimum atomic E-state index is -0.265. The number of benzene rings is 2. The van der Waals surface area contributed by atoms with Gasteiger partial charge in [0.1, 0.15) is 6.10 Å². The Morgan fingerprint density at radius 2 is 1.31 bits per heavy atom. The molecular formula is C21H22N2O3. The molecule has 0 unspecified atom stereocenters. The van der Waals surface area contributed by atoms with Gasteiger partial charge in [0.15, 0.2) is 0 Å². The lowest BCUT2D eigenvalue weighted by molar-refractivity contribution is -0.0175. The van der Waals surface area contributed by atoms with Crippen LogP contribution in [-0.2, 0) is 22.7 Å². The van der Waals surface area contributed by atoms with Crippen LogP contribution in [0.2, 0.25) is 0 Å². The third kappa shape index (κ3) is 6.27. The van der Waals surface area contributed by atoms with Crippen LogP contribution in [0.1, 0.15) is 11.1 Å². The SMILES string of the molecule is c1ccc(COCC(COCc2ccccc2)Oc2cnccn2)cc1. The van der Waals surface area contributed by atoms with Gasteiger partial charge in [-0.3, -0.25) is 4.98 Å². The summed E-state index contributed by atoms with van der Waals surface area (Å²) in [6.07, 6.45) is 4.53. The predicted octanol–water partition coefficient (Wildman–Crippen LogP) is 3.66. The highest BCUT2D eigenvalue weighted by atomic mass is 16.6. The van der Waals surface area contributed by atoms with Crippen LogP contribution >= 0.6 is 0 Å². The van der Waals surface area contributed by atoms with E-state index in [1.807, 2.05) is 60.7 Å². The molecule has 26 heavy (non-hydrogen) atoms. The lowest BCUT2D eigenvalue weighted by Gasteiger charge is -2.18. The minimum Gasteiger partial charge on any atom is -0.468 e. The van der Waals surface area contributed by atoms with Crippen molar-refractivity contribution < 1.29 is 14.2 Å². The van der Waals surface area contributed by atoms with Gasteiger partial charge in [0.2, 0.25) is 5.88 Å². The van der Waals surface area contributed by atoms with Crippen LogP contribution in [0, 0.1) is 0 Å². The predicted molar refractivity (Wildman–Crippen MR) is 98.6 cm³/mol. The van der Waals surface area contributed by atoms with Crippen LogP contribution in [0.5, 0.6) is 5.88 Å². The molecule has 0 amide bonds. The van der Waals surface area contributed by atoms with Crippen LogP contribution in [0.25, 0.3) is 0 Å². The quantitative estimate of drug-likeness (QED) is 0.558. The summed E-state index contributed by atoms with van der Waals surface area (Å²) in [6, 6.07) is 20.1. The fourth-order valence-corrected chi connectivity index (χ4v) is 2.40. The van der Waals surface area contributed by atoms with E-state index in [0.717, 1.165) is 11.1 Å². The van der Waals surface area contributed by atoms with Crippen molar-refractivity contribution in [3.8, 4) is 5.88 Å². The normalized spacial score (nSPS) is 10.8. The highest BCUT2D eigenvalue weighted by Crippen LogP contribution is 2.09. The maximum absolute atomic E-state index is 5.87. The summed E-state index contributed by atoms with van der Waals surface area (Å²) in [7, 11) is 0. The second kappa shape index (κ2) is 10.3. The van der Waals surface area contributed by atoms with Crippen LogP contribution in [0.4, 0.5) is 0 Å². The summed E-state index contributed by atoms with van der Waals surface area (Å²) in [5.74, 6) is 0.462. The lowest BCUT2D eigenvalue weighted by atomic mass is 10.2. The van der Waals surface area contributed by atoms with Crippen molar-refractivity contribution in [1.29, 1.82) is 0 Å². The highest BCUT2D eigenvalue weighted by molar-refractivity contribution is 5.14. The number of hydrogen-bond donors (Lipinski definition) is 0. The molecule has 0 saturated heterocycles. The van der Waals surface area contributed by atoms with Gasteiger partial charge in [-0.25, -0.2) is 4.98 Å². The Balaban J connectivity index is 1.50. The second-order valence-corrected chi connectivity index (χ2v) is 5.78. The average Bonchev–Trinajstić information content (AvgIpc) is 2.70. The molecule has 5 heteroatoms. The van der Waals surface area contributed by atoms with Gasteiger partial charge in [-0.05, 0) is 11.1 Å². The molecule has 1 aromatic heterocycles. The first-order valence-electron chi connectivity index (χ1n) is 8.56. The van der Waals surface area contributed by atoms with Crippen molar-refractivity contribution in [2.75, 3.05) is 13.2 Å². The van der Waals surface area contributed by atoms with Crippen molar-refractivity contribution in [3.63, 3.8) is 0 Å². The molecule has 0 saturated carbocycles. The molecular weight excluding hydrogens is 328 g/mol. The number of hydrogen-bond acceptors (Lipinski definition) is 5. The Morgan fingerprint density at radius 1 is 0.731 bits per heavy atom. The zero-order valence-corrected chi connectivity index (χ0v) is 14.5. The Hall–Kier alpha value is -2.76. The fraction of sp³-hybridized carbons (Fsp3) is 0.238. The summed E-state index contributed by atoms with van der Waals surface area (Å²) in [5, 5.41) is 0. The first kappa shape index (κ1) is 18.0. The molecule has 0 bridgehead atoms. The number of rotatable bonds is 10. The highest BCUT2D eigenvalue weighted by Gasteiger charge is 2.13. The van der Waals surface area contributed by atoms with Crippen molar-refractivity contribution in [1.82, 2.24) is 9.97 Å². The summed E-state index contributed by atoms with van der Waals surface area (Å²) in [6.45, 7) is 1.86. The Kier molecular flexibility index (Phi) is 7.13. The molecule has 2 aromatic carbocycles. The molecule has 0 aliphatic heterocycles. The van der Waals surface area contributed by atoms with Crippen molar-refractivity contribution in [3.05, 3.63) is 90.4 Å². The first-order valence-corrected chi connectivity index (χ1v) is 8.56. The number of ether oxygens (including phenoxy) is 3. The van der Waals surface area contributed by atoms with E-state index in [4.69, 9.17) is 14.2 Å². The topological polar surface area (TPSA) is 53.5 Å². The maximum Gasteiger partial charge on any atom is 0.232 e. The van der Waals surface area contributed by atoms with Crippen molar-refractivity contribution in [2.45, 2.75) is 19.3 Å². The third-order valence-electron chi connectivity index (χ3n) is 3.66. The Bertz CT molecular complexity index is 693. The molecule has 0 aliphatic rings. The fourth-order valence-electron chi connectivity index (χ4n) is 2.40. The first-order chi connectivity index (χ1) is 12.9. The van der Waals surface area contributed by atoms with Gasteiger partial charge in [-0.15, -0.1) is 0 Å². The molecule has 3 rings (SSSR count). The molecule has 0 aliphatic carbocycles. The number of aromatic nitrogens is 2. The van der Waals surface area contributed by atoms with Gasteiger partial charge in [0.25, 0.3) is 0 Å². The summed E-state index contributed by atoms with van der Waals surface area (Å²) in [4.78, 5) is 8.18. The van der Waals surface area contributed by atoms with Gasteiger partial charge < -0.3 is 14.2 Å². The minimum absolute atomic E-state index is 0.265. The van der Waals surface area contributed by atoms with Crippen LogP contribution in [0.15, 0.2) is 79.3 Å². The molecule has 0 N–H and O–H groups in total. The molecule has 0 spiro atoms. The third-order valence-corrected chi connectivity index (χ3v) is 3.66. The van der Waals surface area contributed by atoms with E-state index in [1.54, 1.807) is 18.6 Å². The van der Waals surface area contributed by atoms with E-state index in [9.17, 15) is 0 Å². The van der Waals surface area contributed by atoms with E-state index >= 15 is 0 Å².